The molecule has 0 bridgehead atoms. The Bertz CT molecular complexity index is 1170. The molecule has 164 valence electrons. The molecule has 0 aliphatic carbocycles. The molecule has 0 atom stereocenters. The van der Waals surface area contributed by atoms with Crippen molar-refractivity contribution in [1.82, 2.24) is 4.90 Å². The minimum absolute atomic E-state index is 0.171. The lowest BCUT2D eigenvalue weighted by molar-refractivity contribution is 0.0656. The maximum absolute atomic E-state index is 13.2. The van der Waals surface area contributed by atoms with Gasteiger partial charge in [-0.15, -0.1) is 0 Å². The van der Waals surface area contributed by atoms with Crippen LogP contribution in [-0.2, 0) is 22.0 Å². The Labute approximate surface area is 184 Å². The maximum atomic E-state index is 13.2. The molecule has 0 radical (unpaired) electrons. The molecule has 1 aromatic heterocycles. The highest BCUT2D eigenvalue weighted by Crippen LogP contribution is 2.30. The lowest BCUT2D eigenvalue weighted by atomic mass is 9.90. The van der Waals surface area contributed by atoms with Crippen LogP contribution in [0.1, 0.15) is 46.5 Å². The van der Waals surface area contributed by atoms with Gasteiger partial charge in [0.25, 0.3) is 5.91 Å². The number of nitrogens with zero attached hydrogens (tertiary/aromatic N) is 1. The van der Waals surface area contributed by atoms with Crippen LogP contribution in [0.15, 0.2) is 52.9 Å². The molecule has 0 saturated carbocycles. The van der Waals surface area contributed by atoms with Gasteiger partial charge < -0.3 is 9.32 Å². The first-order valence-corrected chi connectivity index (χ1v) is 12.9. The van der Waals surface area contributed by atoms with E-state index in [0.29, 0.717) is 35.5 Å². The predicted molar refractivity (Wildman–Crippen MR) is 123 cm³/mol. The van der Waals surface area contributed by atoms with Gasteiger partial charge in [0, 0.05) is 30.3 Å². The molecule has 2 heterocycles. The largest absolute Gasteiger partial charge is 0.451 e. The molecule has 0 spiro atoms. The van der Waals surface area contributed by atoms with Crippen molar-refractivity contribution in [3.63, 3.8) is 0 Å². The van der Waals surface area contributed by atoms with E-state index in [9.17, 15) is 13.2 Å². The van der Waals surface area contributed by atoms with Crippen molar-refractivity contribution in [2.24, 2.45) is 5.92 Å². The van der Waals surface area contributed by atoms with Gasteiger partial charge in [-0.25, -0.2) is 8.42 Å². The Balaban J connectivity index is 1.43. The molecular weight excluding hydrogens is 410 g/mol. The van der Waals surface area contributed by atoms with Crippen molar-refractivity contribution in [2.45, 2.75) is 38.4 Å². The number of amides is 1. The van der Waals surface area contributed by atoms with E-state index >= 15 is 0 Å². The van der Waals surface area contributed by atoms with Crippen molar-refractivity contribution in [3.8, 4) is 0 Å². The maximum Gasteiger partial charge on any atom is 0.289 e. The quantitative estimate of drug-likeness (QED) is 0.555. The Morgan fingerprint density at radius 3 is 2.42 bits per heavy atom. The number of carbonyl (C=O) groups is 1. The van der Waals surface area contributed by atoms with E-state index in [1.165, 1.54) is 17.4 Å². The third-order valence-corrected chi connectivity index (χ3v) is 6.98. The highest BCUT2D eigenvalue weighted by Gasteiger charge is 2.29. The molecule has 31 heavy (non-hydrogen) atoms. The average molecular weight is 440 g/mol. The molecule has 4 rings (SSSR count). The Hall–Kier alpha value is -2.60. The molecule has 3 aromatic rings. The minimum Gasteiger partial charge on any atom is -0.451 e. The van der Waals surface area contributed by atoms with Crippen LogP contribution in [0.25, 0.3) is 11.0 Å². The molecule has 6 heteroatoms. The van der Waals surface area contributed by atoms with Crippen molar-refractivity contribution < 1.29 is 17.6 Å². The van der Waals surface area contributed by atoms with Crippen LogP contribution in [0.2, 0.25) is 0 Å². The number of benzene rings is 2. The molecule has 5 nitrogen and oxygen atoms in total. The van der Waals surface area contributed by atoms with Crippen molar-refractivity contribution in [3.05, 3.63) is 71.0 Å². The lowest BCUT2D eigenvalue weighted by Gasteiger charge is -2.31. The summed E-state index contributed by atoms with van der Waals surface area (Å²) in [5.41, 5.74) is 3.66. The number of para-hydroxylation sites is 1. The average Bonchev–Trinajstić information content (AvgIpc) is 3.10. The number of furan rings is 1. The summed E-state index contributed by atoms with van der Waals surface area (Å²) in [5, 5.41) is 0.698. The molecular formula is C25H29NO4S. The second-order valence-electron chi connectivity index (χ2n) is 8.74. The van der Waals surface area contributed by atoms with E-state index in [1.807, 2.05) is 23.1 Å². The van der Waals surface area contributed by atoms with Crippen LogP contribution in [-0.4, -0.2) is 38.6 Å². The van der Waals surface area contributed by atoms with Gasteiger partial charge in [0.1, 0.15) is 5.58 Å². The van der Waals surface area contributed by atoms with Crippen LogP contribution in [0.4, 0.5) is 0 Å². The molecule has 1 aliphatic rings. The fourth-order valence-corrected chi connectivity index (χ4v) is 5.18. The minimum atomic E-state index is -3.30. The van der Waals surface area contributed by atoms with Crippen LogP contribution in [0.3, 0.4) is 0 Å². The van der Waals surface area contributed by atoms with E-state index in [0.717, 1.165) is 25.7 Å². The zero-order valence-electron chi connectivity index (χ0n) is 18.1. The highest BCUT2D eigenvalue weighted by molar-refractivity contribution is 7.89. The second kappa shape index (κ2) is 8.87. The van der Waals surface area contributed by atoms with E-state index in [2.05, 4.69) is 31.2 Å². The van der Waals surface area contributed by atoms with Gasteiger partial charge in [-0.2, -0.15) is 0 Å². The Morgan fingerprint density at radius 1 is 1.06 bits per heavy atom. The highest BCUT2D eigenvalue weighted by atomic mass is 32.2. The third kappa shape index (κ3) is 5.18. The number of rotatable bonds is 6. The monoisotopic (exact) mass is 439 g/mol. The number of carbonyl (C=O) groups excluding carboxylic acids is 1. The van der Waals surface area contributed by atoms with Gasteiger partial charge in [0.2, 0.25) is 0 Å². The summed E-state index contributed by atoms with van der Waals surface area (Å²) >= 11 is 0. The number of likely N-dealkylation sites (tertiary alicyclic amines) is 1. The van der Waals surface area contributed by atoms with Crippen molar-refractivity contribution >= 4 is 26.7 Å². The standard InChI is InChI=1S/C25H29NO4S/c1-18-7-9-19(10-8-18)11-12-20-13-15-26(16-14-20)25(27)24-22(17-31(2,28)29)21-5-3-4-6-23(21)30-24/h3-10,20H,11-17H2,1-2H3. The molecule has 2 aromatic carbocycles. The number of hydrogen-bond acceptors (Lipinski definition) is 4. The van der Waals surface area contributed by atoms with Crippen LogP contribution < -0.4 is 0 Å². The smallest absolute Gasteiger partial charge is 0.289 e. The van der Waals surface area contributed by atoms with E-state index in [1.54, 1.807) is 6.07 Å². The van der Waals surface area contributed by atoms with Gasteiger partial charge in [-0.1, -0.05) is 48.0 Å². The fourth-order valence-electron chi connectivity index (χ4n) is 4.37. The molecule has 1 fully saturated rings. The topological polar surface area (TPSA) is 67.6 Å². The number of hydrogen-bond donors (Lipinski definition) is 0. The fraction of sp³-hybridized carbons (Fsp3) is 0.400. The van der Waals surface area contributed by atoms with E-state index in [4.69, 9.17) is 4.42 Å². The summed E-state index contributed by atoms with van der Waals surface area (Å²) in [4.78, 5) is 15.0. The lowest BCUT2D eigenvalue weighted by Crippen LogP contribution is -2.38. The van der Waals surface area contributed by atoms with Crippen LogP contribution in [0.5, 0.6) is 0 Å². The first-order chi connectivity index (χ1) is 14.8. The molecule has 1 saturated heterocycles. The number of aryl methyl sites for hydroxylation is 2. The summed E-state index contributed by atoms with van der Waals surface area (Å²) in [6.07, 6.45) is 5.27. The number of fused-ring (bicyclic) bond motifs is 1. The molecule has 1 aliphatic heterocycles. The zero-order chi connectivity index (χ0) is 22.0. The summed E-state index contributed by atoms with van der Waals surface area (Å²) in [7, 11) is -3.30. The molecule has 1 amide bonds. The second-order valence-corrected chi connectivity index (χ2v) is 10.9. The summed E-state index contributed by atoms with van der Waals surface area (Å²) in [6.45, 7) is 3.44. The van der Waals surface area contributed by atoms with Crippen molar-refractivity contribution in [1.29, 1.82) is 0 Å². The van der Waals surface area contributed by atoms with Gasteiger partial charge >= 0.3 is 0 Å². The van der Waals surface area contributed by atoms with Crippen LogP contribution >= 0.6 is 0 Å². The first-order valence-electron chi connectivity index (χ1n) is 10.8. The van der Waals surface area contributed by atoms with Gasteiger partial charge in [0.15, 0.2) is 15.6 Å². The number of sulfone groups is 1. The number of piperidine rings is 1. The summed E-state index contributed by atoms with van der Waals surface area (Å²) in [6, 6.07) is 15.9. The van der Waals surface area contributed by atoms with Crippen LogP contribution in [0, 0.1) is 12.8 Å². The van der Waals surface area contributed by atoms with Gasteiger partial charge in [-0.3, -0.25) is 4.79 Å². The SMILES string of the molecule is Cc1ccc(CCC2CCN(C(=O)c3oc4ccccc4c3CS(C)(=O)=O)CC2)cc1. The van der Waals surface area contributed by atoms with Crippen molar-refractivity contribution in [2.75, 3.05) is 19.3 Å². The molecule has 0 unspecified atom stereocenters. The van der Waals surface area contributed by atoms with Gasteiger partial charge in [0.05, 0.1) is 5.75 Å². The van der Waals surface area contributed by atoms with Gasteiger partial charge in [-0.05, 0) is 50.2 Å². The first kappa shape index (κ1) is 21.6. The predicted octanol–water partition coefficient (Wildman–Crippen LogP) is 4.77. The Kier molecular flexibility index (Phi) is 6.19. The normalized spacial score (nSPS) is 15.5. The summed E-state index contributed by atoms with van der Waals surface area (Å²) < 4.78 is 29.8. The van der Waals surface area contributed by atoms with E-state index < -0.39 is 9.84 Å². The summed E-state index contributed by atoms with van der Waals surface area (Å²) in [5.74, 6) is 0.367. The van der Waals surface area contributed by atoms with E-state index in [-0.39, 0.29) is 17.4 Å². The Morgan fingerprint density at radius 2 is 1.74 bits per heavy atom. The third-order valence-electron chi connectivity index (χ3n) is 6.16. The molecule has 0 N–H and O–H groups in total. The zero-order valence-corrected chi connectivity index (χ0v) is 19.0.